The van der Waals surface area contributed by atoms with Gasteiger partial charge in [0.2, 0.25) is 17.5 Å². The number of hydrogen-bond donors (Lipinski definition) is 11. The molecule has 4 heterocycles. The minimum absolute atomic E-state index is 0.0949. The highest BCUT2D eigenvalue weighted by molar-refractivity contribution is 6.08. The van der Waals surface area contributed by atoms with Crippen molar-refractivity contribution in [2.75, 3.05) is 6.61 Å². The summed E-state index contributed by atoms with van der Waals surface area (Å²) in [5.41, 5.74) is -2.46. The second kappa shape index (κ2) is 12.3. The van der Waals surface area contributed by atoms with Crippen molar-refractivity contribution in [2.45, 2.75) is 42.3 Å². The third-order valence-electron chi connectivity index (χ3n) is 9.38. The molecule has 0 spiro atoms. The van der Waals surface area contributed by atoms with Crippen molar-refractivity contribution < 1.29 is 89.1 Å². The molecule has 1 fully saturated rings. The Balaban J connectivity index is 1.23. The first-order chi connectivity index (χ1) is 26.1. The first-order valence-corrected chi connectivity index (χ1v) is 16.1. The van der Waals surface area contributed by atoms with Gasteiger partial charge >= 0.3 is 11.6 Å². The molecular formula is C36H28O19. The normalized spacial score (nSPS) is 26.9. The number of phenolic OH excluding ortho intramolecular Hbond substituents is 5. The number of carbonyl (C=O) groups excluding carboxylic acids is 1. The van der Waals surface area contributed by atoms with Crippen molar-refractivity contribution >= 4 is 16.8 Å². The fourth-order valence-corrected chi connectivity index (χ4v) is 6.67. The Labute approximate surface area is 305 Å². The van der Waals surface area contributed by atoms with Gasteiger partial charge in [-0.05, 0) is 36.4 Å². The number of ketones is 1. The molecule has 1 aromatic heterocycles. The van der Waals surface area contributed by atoms with Crippen molar-refractivity contribution in [3.63, 3.8) is 0 Å². The summed E-state index contributed by atoms with van der Waals surface area (Å²) in [6.07, 6.45) is -8.41. The lowest BCUT2D eigenvalue weighted by atomic mass is 9.85. The number of hydrogen-bond acceptors (Lipinski definition) is 19. The molecule has 11 N–H and O–H groups in total. The molecule has 3 aliphatic heterocycles. The van der Waals surface area contributed by atoms with Crippen LogP contribution < -0.4 is 24.4 Å². The fraction of sp³-hybridized carbons (Fsp3) is 0.222. The third-order valence-corrected chi connectivity index (χ3v) is 9.38. The molecule has 8 rings (SSSR count). The van der Waals surface area contributed by atoms with Crippen molar-refractivity contribution in [1.82, 2.24) is 0 Å². The van der Waals surface area contributed by atoms with Crippen LogP contribution in [-0.4, -0.2) is 105 Å². The number of Topliss-reactive ketones (excluding diaryl/α,β-unsaturated/α-hetero) is 1. The van der Waals surface area contributed by atoms with Gasteiger partial charge in [0.05, 0.1) is 6.61 Å². The van der Waals surface area contributed by atoms with E-state index in [1.165, 1.54) is 12.1 Å². The van der Waals surface area contributed by atoms with Gasteiger partial charge in [0.1, 0.15) is 69.7 Å². The summed E-state index contributed by atoms with van der Waals surface area (Å²) in [5.74, 6) is -13.7. The quantitative estimate of drug-likeness (QED) is 0.116. The molecule has 19 heteroatoms. The van der Waals surface area contributed by atoms with Gasteiger partial charge in [-0.2, -0.15) is 0 Å². The van der Waals surface area contributed by atoms with Crippen molar-refractivity contribution in [1.29, 1.82) is 0 Å². The number of benzene rings is 4. The van der Waals surface area contributed by atoms with Gasteiger partial charge in [0.25, 0.3) is 5.78 Å². The Hall–Kier alpha value is -6.48. The molecule has 19 nitrogen and oxygen atoms in total. The summed E-state index contributed by atoms with van der Waals surface area (Å²) >= 11 is 0. The maximum Gasteiger partial charge on any atom is 0.357 e. The highest BCUT2D eigenvalue weighted by atomic mass is 16.8. The maximum atomic E-state index is 14.2. The Morgan fingerprint density at radius 1 is 0.709 bits per heavy atom. The van der Waals surface area contributed by atoms with Crippen molar-refractivity contribution in [3.8, 4) is 68.8 Å². The molecule has 0 unspecified atom stereocenters. The molecule has 55 heavy (non-hydrogen) atoms. The summed E-state index contributed by atoms with van der Waals surface area (Å²) < 4.78 is 34.7. The van der Waals surface area contributed by atoms with Crippen LogP contribution in [-0.2, 0) is 10.5 Å². The standard InChI is InChI=1S/C36H28O19/c37-11-24-27(43)29(45)31(47)34(52-24)51-19-4-2-13(6-16(19)40)36-35(49,33(48)26-18(42)8-15(39)10-23(26)55-36)53-21-5-12(1-3-20(21)54-36)32-30(46)28(44)25-17(41)7-14(38)9-22(25)50-32/h1-10,24,27,29,31,34,37-43,45-47,49H,11H2/t24-,27-,29+,31-,34-,35+,36-/m1/s1. The van der Waals surface area contributed by atoms with Crippen LogP contribution in [0, 0.1) is 0 Å². The zero-order valence-corrected chi connectivity index (χ0v) is 27.6. The fourth-order valence-electron chi connectivity index (χ4n) is 6.67. The Kier molecular flexibility index (Phi) is 7.93. The molecule has 0 saturated carbocycles. The zero-order valence-electron chi connectivity index (χ0n) is 27.6. The summed E-state index contributed by atoms with van der Waals surface area (Å²) in [6.45, 7) is -0.762. The maximum absolute atomic E-state index is 14.2. The molecule has 7 atom stereocenters. The van der Waals surface area contributed by atoms with Crippen LogP contribution in [0.1, 0.15) is 15.9 Å². The van der Waals surface area contributed by atoms with Gasteiger partial charge in [-0.1, -0.05) is 0 Å². The van der Waals surface area contributed by atoms with Crippen LogP contribution in [0.3, 0.4) is 0 Å². The van der Waals surface area contributed by atoms with E-state index in [2.05, 4.69) is 0 Å². The number of aliphatic hydroxyl groups excluding tert-OH is 4. The summed E-state index contributed by atoms with van der Waals surface area (Å²) in [6, 6.07) is 10.3. The molecule has 1 saturated heterocycles. The van der Waals surface area contributed by atoms with Gasteiger partial charge in [0.15, 0.2) is 28.8 Å². The van der Waals surface area contributed by atoms with E-state index in [-0.39, 0.29) is 22.5 Å². The van der Waals surface area contributed by atoms with Crippen LogP contribution in [0.25, 0.3) is 22.3 Å². The predicted molar refractivity (Wildman–Crippen MR) is 178 cm³/mol. The highest BCUT2D eigenvalue weighted by Gasteiger charge is 2.71. The van der Waals surface area contributed by atoms with Crippen LogP contribution in [0.5, 0.6) is 57.5 Å². The van der Waals surface area contributed by atoms with Crippen molar-refractivity contribution in [2.24, 2.45) is 0 Å². The zero-order chi connectivity index (χ0) is 39.3. The van der Waals surface area contributed by atoms with E-state index in [4.69, 9.17) is 28.1 Å². The largest absolute Gasteiger partial charge is 0.508 e. The second-order valence-electron chi connectivity index (χ2n) is 12.8. The molecule has 3 aliphatic rings. The number of rotatable bonds is 5. The molecule has 0 aliphatic carbocycles. The lowest BCUT2D eigenvalue weighted by Crippen LogP contribution is -2.70. The van der Waals surface area contributed by atoms with Crippen LogP contribution >= 0.6 is 0 Å². The minimum Gasteiger partial charge on any atom is -0.508 e. The number of fused-ring (bicyclic) bond motifs is 4. The van der Waals surface area contributed by atoms with Gasteiger partial charge in [-0.15, -0.1) is 0 Å². The van der Waals surface area contributed by atoms with E-state index in [1.54, 1.807) is 0 Å². The van der Waals surface area contributed by atoms with E-state index in [0.717, 1.165) is 48.5 Å². The number of carbonyl (C=O) groups is 1. The Bertz CT molecular complexity index is 2480. The highest BCUT2D eigenvalue weighted by Crippen LogP contribution is 2.56. The van der Waals surface area contributed by atoms with Crippen LogP contribution in [0.15, 0.2) is 69.9 Å². The van der Waals surface area contributed by atoms with E-state index in [1.807, 2.05) is 0 Å². The van der Waals surface area contributed by atoms with E-state index in [0.29, 0.717) is 0 Å². The number of aliphatic hydroxyl groups is 5. The van der Waals surface area contributed by atoms with Crippen LogP contribution in [0.2, 0.25) is 0 Å². The Morgan fingerprint density at radius 3 is 2.15 bits per heavy atom. The van der Waals surface area contributed by atoms with E-state index >= 15 is 0 Å². The topological polar surface area (TPSA) is 316 Å². The first kappa shape index (κ1) is 35.5. The molecule has 4 aromatic carbocycles. The summed E-state index contributed by atoms with van der Waals surface area (Å²) in [5, 5.41) is 115. The number of phenols is 5. The van der Waals surface area contributed by atoms with Crippen LogP contribution in [0.4, 0.5) is 0 Å². The smallest absolute Gasteiger partial charge is 0.357 e. The minimum atomic E-state index is -3.28. The predicted octanol–water partition coefficient (Wildman–Crippen LogP) is 0.460. The lowest BCUT2D eigenvalue weighted by Gasteiger charge is -2.50. The SMILES string of the molecule is O=C1c2c(O)cc(O)cc2O[C@@]2(c3ccc(O[C@@H]4O[C@H](CO)[C@@H](O)[C@H](O)[C@H]4O)c(O)c3)Oc3ccc(-c4oc5cc(O)cc(O)c5c(=O)c4O)cc3O[C@@]12O. The third kappa shape index (κ3) is 5.21. The second-order valence-corrected chi connectivity index (χ2v) is 12.8. The van der Waals surface area contributed by atoms with Gasteiger partial charge in [-0.25, -0.2) is 0 Å². The average molecular weight is 765 g/mol. The average Bonchev–Trinajstić information content (AvgIpc) is 3.13. The number of ether oxygens (including phenoxy) is 5. The van der Waals surface area contributed by atoms with Gasteiger partial charge in [0, 0.05) is 35.4 Å². The van der Waals surface area contributed by atoms with Crippen molar-refractivity contribution in [3.05, 3.63) is 82.0 Å². The molecule has 286 valence electrons. The molecule has 5 aromatic rings. The Morgan fingerprint density at radius 2 is 1.42 bits per heavy atom. The van der Waals surface area contributed by atoms with Gasteiger partial charge in [-0.3, -0.25) is 9.59 Å². The number of aromatic hydroxyl groups is 6. The molecule has 0 bridgehead atoms. The molecular weight excluding hydrogens is 736 g/mol. The van der Waals surface area contributed by atoms with Gasteiger partial charge < -0.3 is 84.3 Å². The summed E-state index contributed by atoms with van der Waals surface area (Å²) in [7, 11) is 0. The lowest BCUT2D eigenvalue weighted by molar-refractivity contribution is -0.316. The monoisotopic (exact) mass is 764 g/mol. The molecule has 0 amide bonds. The molecule has 0 radical (unpaired) electrons. The summed E-state index contributed by atoms with van der Waals surface area (Å²) in [4.78, 5) is 27.2. The first-order valence-electron chi connectivity index (χ1n) is 16.1. The van der Waals surface area contributed by atoms with E-state index in [9.17, 15) is 65.8 Å². The van der Waals surface area contributed by atoms with E-state index < -0.39 is 129 Å².